The normalized spacial score (nSPS) is 26.4. The van der Waals surface area contributed by atoms with Crippen molar-refractivity contribution in [2.24, 2.45) is 17.6 Å². The van der Waals surface area contributed by atoms with Gasteiger partial charge in [0.15, 0.2) is 5.78 Å². The lowest BCUT2D eigenvalue weighted by Gasteiger charge is -2.34. The first-order chi connectivity index (χ1) is 14.4. The van der Waals surface area contributed by atoms with Gasteiger partial charge < -0.3 is 10.6 Å². The van der Waals surface area contributed by atoms with E-state index in [0.717, 1.165) is 16.0 Å². The molecule has 2 fully saturated rings. The van der Waals surface area contributed by atoms with Crippen LogP contribution in [-0.2, 0) is 14.4 Å². The van der Waals surface area contributed by atoms with Crippen molar-refractivity contribution < 1.29 is 19.2 Å². The number of carbonyl (C=O) groups is 4. The molecular weight excluding hydrogens is 382 g/mol. The molecule has 3 aliphatic heterocycles. The number of imide groups is 1. The quantitative estimate of drug-likeness (QED) is 0.625. The van der Waals surface area contributed by atoms with Gasteiger partial charge in [-0.3, -0.25) is 19.2 Å². The molecule has 2 saturated heterocycles. The van der Waals surface area contributed by atoms with Gasteiger partial charge in [-0.2, -0.15) is 0 Å². The van der Waals surface area contributed by atoms with Gasteiger partial charge in [-0.05, 0) is 48.4 Å². The Balaban J connectivity index is 1.60. The fourth-order valence-corrected chi connectivity index (χ4v) is 4.98. The van der Waals surface area contributed by atoms with Gasteiger partial charge in [0.2, 0.25) is 17.7 Å². The Kier molecular flexibility index (Phi) is 3.89. The number of hydrogen-bond acceptors (Lipinski definition) is 5. The maximum atomic E-state index is 13.5. The SMILES string of the molecule is CC(=O)c1ccc(N2C(=O)[C@@H]3[C@H](C2=O)[C@@H]2c4ccccc4C=CN2[C@H]3C(N)=O)cc1. The van der Waals surface area contributed by atoms with Crippen LogP contribution in [0, 0.1) is 11.8 Å². The number of rotatable bonds is 3. The second-order valence-corrected chi connectivity index (χ2v) is 7.85. The third-order valence-corrected chi connectivity index (χ3v) is 6.29. The molecule has 150 valence electrons. The minimum atomic E-state index is -0.900. The number of hydrogen-bond donors (Lipinski definition) is 1. The molecule has 0 saturated carbocycles. The molecule has 0 unspecified atom stereocenters. The van der Waals surface area contributed by atoms with Crippen LogP contribution in [0.4, 0.5) is 5.69 Å². The van der Waals surface area contributed by atoms with E-state index >= 15 is 0 Å². The van der Waals surface area contributed by atoms with Crippen molar-refractivity contribution in [3.63, 3.8) is 0 Å². The summed E-state index contributed by atoms with van der Waals surface area (Å²) in [6.45, 7) is 1.45. The zero-order chi connectivity index (χ0) is 21.2. The molecule has 0 radical (unpaired) electrons. The van der Waals surface area contributed by atoms with Crippen LogP contribution >= 0.6 is 0 Å². The summed E-state index contributed by atoms with van der Waals surface area (Å²) in [7, 11) is 0. The summed E-state index contributed by atoms with van der Waals surface area (Å²) >= 11 is 0. The van der Waals surface area contributed by atoms with E-state index in [1.807, 2.05) is 30.3 Å². The lowest BCUT2D eigenvalue weighted by atomic mass is 9.84. The van der Waals surface area contributed by atoms with E-state index in [-0.39, 0.29) is 11.7 Å². The maximum absolute atomic E-state index is 13.5. The zero-order valence-electron chi connectivity index (χ0n) is 16.2. The minimum absolute atomic E-state index is 0.104. The van der Waals surface area contributed by atoms with Gasteiger partial charge in [-0.1, -0.05) is 24.3 Å². The summed E-state index contributed by atoms with van der Waals surface area (Å²) in [5.41, 5.74) is 8.42. The number of carbonyl (C=O) groups excluding carboxylic acids is 4. The van der Waals surface area contributed by atoms with Gasteiger partial charge in [0.05, 0.1) is 23.6 Å². The van der Waals surface area contributed by atoms with Crippen molar-refractivity contribution in [3.8, 4) is 0 Å². The van der Waals surface area contributed by atoms with Crippen LogP contribution in [0.15, 0.2) is 54.7 Å². The third-order valence-electron chi connectivity index (χ3n) is 6.29. The predicted octanol–water partition coefficient (Wildman–Crippen LogP) is 1.89. The number of amides is 3. The Labute approximate surface area is 172 Å². The van der Waals surface area contributed by atoms with Crippen molar-refractivity contribution >= 4 is 35.3 Å². The lowest BCUT2D eigenvalue weighted by Crippen LogP contribution is -2.46. The predicted molar refractivity (Wildman–Crippen MR) is 109 cm³/mol. The Morgan fingerprint density at radius 3 is 2.27 bits per heavy atom. The summed E-state index contributed by atoms with van der Waals surface area (Å²) in [4.78, 5) is 53.6. The molecule has 0 bridgehead atoms. The highest BCUT2D eigenvalue weighted by Crippen LogP contribution is 2.52. The van der Waals surface area contributed by atoms with E-state index in [2.05, 4.69) is 0 Å². The van der Waals surface area contributed by atoms with E-state index in [9.17, 15) is 19.2 Å². The largest absolute Gasteiger partial charge is 0.368 e. The molecule has 7 nitrogen and oxygen atoms in total. The maximum Gasteiger partial charge on any atom is 0.240 e. The highest BCUT2D eigenvalue weighted by atomic mass is 16.2. The summed E-state index contributed by atoms with van der Waals surface area (Å²) < 4.78 is 0. The first kappa shape index (κ1) is 18.3. The standard InChI is InChI=1S/C23H19N3O4/c1-12(27)13-6-8-15(9-7-13)26-22(29)17-18(23(26)30)20(21(24)28)25-11-10-14-4-2-3-5-16(14)19(17)25/h2-11,17-20H,1H3,(H2,24,28)/t17-,18+,19-,20+/m0/s1. The van der Waals surface area contributed by atoms with Crippen molar-refractivity contribution in [1.29, 1.82) is 0 Å². The first-order valence-corrected chi connectivity index (χ1v) is 9.73. The molecule has 3 amide bonds. The minimum Gasteiger partial charge on any atom is -0.368 e. The molecule has 4 atom stereocenters. The molecule has 2 N–H and O–H groups in total. The van der Waals surface area contributed by atoms with Gasteiger partial charge in [0.1, 0.15) is 6.04 Å². The number of nitrogens with two attached hydrogens (primary N) is 1. The van der Waals surface area contributed by atoms with Crippen molar-refractivity contribution in [3.05, 3.63) is 71.4 Å². The molecule has 7 heteroatoms. The molecule has 5 rings (SSSR count). The molecule has 2 aromatic carbocycles. The van der Waals surface area contributed by atoms with Gasteiger partial charge in [-0.25, -0.2) is 4.90 Å². The van der Waals surface area contributed by atoms with E-state index in [4.69, 9.17) is 5.73 Å². The monoisotopic (exact) mass is 401 g/mol. The van der Waals surface area contributed by atoms with Crippen LogP contribution in [-0.4, -0.2) is 34.4 Å². The number of anilines is 1. The third kappa shape index (κ3) is 2.38. The van der Waals surface area contributed by atoms with E-state index < -0.39 is 35.7 Å². The summed E-state index contributed by atoms with van der Waals surface area (Å²) in [6.07, 6.45) is 3.63. The summed E-state index contributed by atoms with van der Waals surface area (Å²) in [5.74, 6) is -3.11. The summed E-state index contributed by atoms with van der Waals surface area (Å²) in [5, 5.41) is 0. The highest BCUT2D eigenvalue weighted by Gasteiger charge is 2.64. The average molecular weight is 401 g/mol. The number of fused-ring (bicyclic) bond motifs is 5. The lowest BCUT2D eigenvalue weighted by molar-refractivity contribution is -0.129. The molecule has 0 aliphatic carbocycles. The summed E-state index contributed by atoms with van der Waals surface area (Å²) in [6, 6.07) is 12.6. The van der Waals surface area contributed by atoms with Crippen LogP contribution in [0.3, 0.4) is 0 Å². The smallest absolute Gasteiger partial charge is 0.240 e. The Morgan fingerprint density at radius 2 is 1.60 bits per heavy atom. The van der Waals surface area contributed by atoms with Crippen LogP contribution in [0.25, 0.3) is 6.08 Å². The van der Waals surface area contributed by atoms with Crippen LogP contribution in [0.1, 0.15) is 34.5 Å². The van der Waals surface area contributed by atoms with Crippen LogP contribution in [0.2, 0.25) is 0 Å². The van der Waals surface area contributed by atoms with E-state index in [1.54, 1.807) is 35.4 Å². The zero-order valence-corrected chi connectivity index (χ0v) is 16.2. The van der Waals surface area contributed by atoms with Crippen molar-refractivity contribution in [2.45, 2.75) is 19.0 Å². The number of primary amides is 1. The van der Waals surface area contributed by atoms with Crippen LogP contribution in [0.5, 0.6) is 0 Å². The molecule has 0 aromatic heterocycles. The Bertz CT molecular complexity index is 1140. The average Bonchev–Trinajstić information content (AvgIpc) is 3.21. The fraction of sp³-hybridized carbons (Fsp3) is 0.217. The molecule has 30 heavy (non-hydrogen) atoms. The fourth-order valence-electron chi connectivity index (χ4n) is 4.98. The molecule has 3 heterocycles. The second-order valence-electron chi connectivity index (χ2n) is 7.85. The van der Waals surface area contributed by atoms with Gasteiger partial charge >= 0.3 is 0 Å². The number of nitrogens with zero attached hydrogens (tertiary/aromatic N) is 2. The number of benzene rings is 2. The number of Topliss-reactive ketones (excluding diaryl/α,β-unsaturated/α-hetero) is 1. The van der Waals surface area contributed by atoms with Crippen LogP contribution < -0.4 is 10.6 Å². The highest BCUT2D eigenvalue weighted by molar-refractivity contribution is 6.24. The van der Waals surface area contributed by atoms with Gasteiger partial charge in [0.25, 0.3) is 0 Å². The first-order valence-electron chi connectivity index (χ1n) is 9.73. The van der Waals surface area contributed by atoms with Crippen molar-refractivity contribution in [1.82, 2.24) is 4.90 Å². The van der Waals surface area contributed by atoms with Crippen molar-refractivity contribution in [2.75, 3.05) is 4.90 Å². The van der Waals surface area contributed by atoms with E-state index in [0.29, 0.717) is 11.3 Å². The second kappa shape index (κ2) is 6.38. The number of ketones is 1. The Hall–Kier alpha value is -3.74. The van der Waals surface area contributed by atoms with E-state index in [1.165, 1.54) is 6.92 Å². The van der Waals surface area contributed by atoms with Gasteiger partial charge in [0, 0.05) is 11.8 Å². The van der Waals surface area contributed by atoms with Gasteiger partial charge in [-0.15, -0.1) is 0 Å². The molecule has 2 aromatic rings. The Morgan fingerprint density at radius 1 is 0.933 bits per heavy atom. The molecule has 0 spiro atoms. The topological polar surface area (TPSA) is 101 Å². The molecule has 3 aliphatic rings. The molecular formula is C23H19N3O4.